The fourth-order valence-corrected chi connectivity index (χ4v) is 2.46. The van der Waals surface area contributed by atoms with Crippen LogP contribution in [0.1, 0.15) is 0 Å². The van der Waals surface area contributed by atoms with Crippen LogP contribution in [-0.2, 0) is 0 Å². The Labute approximate surface area is 96.6 Å². The number of thiazole rings is 1. The molecule has 0 aliphatic rings. The van der Waals surface area contributed by atoms with E-state index in [4.69, 9.17) is 5.73 Å². The van der Waals surface area contributed by atoms with Crippen molar-refractivity contribution in [3.63, 3.8) is 0 Å². The van der Waals surface area contributed by atoms with Gasteiger partial charge in [-0.2, -0.15) is 0 Å². The highest BCUT2D eigenvalue weighted by Gasteiger charge is 2.06. The SMILES string of the molecule is Nc1ccc(-c2nc3ccccc3s2)nc1. The van der Waals surface area contributed by atoms with Gasteiger partial charge in [-0.1, -0.05) is 12.1 Å². The maximum absolute atomic E-state index is 5.60. The first kappa shape index (κ1) is 9.30. The number of anilines is 1. The van der Waals surface area contributed by atoms with E-state index in [1.165, 1.54) is 4.70 Å². The molecular weight excluding hydrogens is 218 g/mol. The fraction of sp³-hybridized carbons (Fsp3) is 0. The second-order valence-electron chi connectivity index (χ2n) is 3.46. The van der Waals surface area contributed by atoms with Gasteiger partial charge in [-0.3, -0.25) is 4.98 Å². The summed E-state index contributed by atoms with van der Waals surface area (Å²) >= 11 is 1.64. The van der Waals surface area contributed by atoms with Crippen molar-refractivity contribution in [2.75, 3.05) is 5.73 Å². The van der Waals surface area contributed by atoms with Gasteiger partial charge in [0, 0.05) is 0 Å². The molecule has 2 N–H and O–H groups in total. The first-order chi connectivity index (χ1) is 7.83. The molecule has 78 valence electrons. The van der Waals surface area contributed by atoms with Crippen molar-refractivity contribution in [3.8, 4) is 10.7 Å². The van der Waals surface area contributed by atoms with Crippen molar-refractivity contribution in [2.45, 2.75) is 0 Å². The Bertz CT molecular complexity index is 595. The number of benzene rings is 1. The zero-order valence-corrected chi connectivity index (χ0v) is 9.24. The van der Waals surface area contributed by atoms with Gasteiger partial charge in [0.25, 0.3) is 0 Å². The van der Waals surface area contributed by atoms with Gasteiger partial charge in [-0.25, -0.2) is 4.98 Å². The molecule has 0 amide bonds. The van der Waals surface area contributed by atoms with Crippen LogP contribution < -0.4 is 5.73 Å². The molecule has 0 saturated carbocycles. The predicted molar refractivity (Wildman–Crippen MR) is 67.3 cm³/mol. The number of nitrogens with two attached hydrogens (primary N) is 1. The number of para-hydroxylation sites is 1. The summed E-state index contributed by atoms with van der Waals surface area (Å²) in [6.45, 7) is 0. The minimum absolute atomic E-state index is 0.671. The lowest BCUT2D eigenvalue weighted by Crippen LogP contribution is -1.87. The van der Waals surface area contributed by atoms with E-state index in [1.807, 2.05) is 30.3 Å². The highest BCUT2D eigenvalue weighted by atomic mass is 32.1. The third kappa shape index (κ3) is 1.53. The summed E-state index contributed by atoms with van der Waals surface area (Å²) in [6, 6.07) is 11.8. The summed E-state index contributed by atoms with van der Waals surface area (Å²) in [4.78, 5) is 8.79. The van der Waals surface area contributed by atoms with Crippen molar-refractivity contribution in [2.24, 2.45) is 0 Å². The normalized spacial score (nSPS) is 10.8. The van der Waals surface area contributed by atoms with Crippen molar-refractivity contribution in [1.29, 1.82) is 0 Å². The number of hydrogen-bond acceptors (Lipinski definition) is 4. The maximum Gasteiger partial charge on any atom is 0.143 e. The Balaban J connectivity index is 2.15. The van der Waals surface area contributed by atoms with Crippen LogP contribution in [0.5, 0.6) is 0 Å². The van der Waals surface area contributed by atoms with Crippen LogP contribution in [0, 0.1) is 0 Å². The Morgan fingerprint density at radius 1 is 1.06 bits per heavy atom. The minimum Gasteiger partial charge on any atom is -0.397 e. The summed E-state index contributed by atoms with van der Waals surface area (Å²) in [5.41, 5.74) is 8.16. The summed E-state index contributed by atoms with van der Waals surface area (Å²) in [5, 5.41) is 0.932. The molecule has 0 bridgehead atoms. The van der Waals surface area contributed by atoms with E-state index in [-0.39, 0.29) is 0 Å². The third-order valence-electron chi connectivity index (χ3n) is 2.30. The molecule has 2 aromatic heterocycles. The van der Waals surface area contributed by atoms with Gasteiger partial charge >= 0.3 is 0 Å². The molecule has 0 radical (unpaired) electrons. The summed E-state index contributed by atoms with van der Waals surface area (Å²) in [5.74, 6) is 0. The van der Waals surface area contributed by atoms with Crippen LogP contribution in [-0.4, -0.2) is 9.97 Å². The topological polar surface area (TPSA) is 51.8 Å². The molecule has 1 aromatic carbocycles. The van der Waals surface area contributed by atoms with Crippen molar-refractivity contribution in [3.05, 3.63) is 42.6 Å². The van der Waals surface area contributed by atoms with Gasteiger partial charge in [0.05, 0.1) is 27.8 Å². The lowest BCUT2D eigenvalue weighted by Gasteiger charge is -1.94. The van der Waals surface area contributed by atoms with Crippen LogP contribution in [0.3, 0.4) is 0 Å². The number of nitrogen functional groups attached to an aromatic ring is 1. The fourth-order valence-electron chi connectivity index (χ4n) is 1.51. The molecule has 3 rings (SSSR count). The molecule has 0 spiro atoms. The molecule has 0 aliphatic carbocycles. The average Bonchev–Trinajstić information content (AvgIpc) is 2.73. The standard InChI is InChI=1S/C12H9N3S/c13-8-5-6-10(14-7-8)12-15-9-3-1-2-4-11(9)16-12/h1-7H,13H2. The minimum atomic E-state index is 0.671. The van der Waals surface area contributed by atoms with Crippen molar-refractivity contribution in [1.82, 2.24) is 9.97 Å². The third-order valence-corrected chi connectivity index (χ3v) is 3.36. The molecule has 0 unspecified atom stereocenters. The first-order valence-corrected chi connectivity index (χ1v) is 5.72. The Morgan fingerprint density at radius 2 is 1.94 bits per heavy atom. The lowest BCUT2D eigenvalue weighted by molar-refractivity contribution is 1.31. The van der Waals surface area contributed by atoms with Gasteiger partial charge < -0.3 is 5.73 Å². The van der Waals surface area contributed by atoms with Gasteiger partial charge in [0.2, 0.25) is 0 Å². The van der Waals surface area contributed by atoms with Crippen LogP contribution in [0.4, 0.5) is 5.69 Å². The molecule has 16 heavy (non-hydrogen) atoms. The largest absolute Gasteiger partial charge is 0.397 e. The second kappa shape index (κ2) is 3.57. The average molecular weight is 227 g/mol. The second-order valence-corrected chi connectivity index (χ2v) is 4.49. The van der Waals surface area contributed by atoms with Gasteiger partial charge in [0.1, 0.15) is 5.01 Å². The highest BCUT2D eigenvalue weighted by Crippen LogP contribution is 2.28. The van der Waals surface area contributed by atoms with Crippen LogP contribution in [0.15, 0.2) is 42.6 Å². The Kier molecular flexibility index (Phi) is 2.08. The number of pyridine rings is 1. The van der Waals surface area contributed by atoms with Gasteiger partial charge in [-0.15, -0.1) is 11.3 Å². The smallest absolute Gasteiger partial charge is 0.143 e. The molecule has 3 nitrogen and oxygen atoms in total. The molecule has 4 heteroatoms. The van der Waals surface area contributed by atoms with Crippen LogP contribution >= 0.6 is 11.3 Å². The maximum atomic E-state index is 5.60. The monoisotopic (exact) mass is 227 g/mol. The number of aromatic nitrogens is 2. The van der Waals surface area contributed by atoms with E-state index < -0.39 is 0 Å². The number of rotatable bonds is 1. The molecule has 3 aromatic rings. The zero-order valence-electron chi connectivity index (χ0n) is 8.42. The van der Waals surface area contributed by atoms with E-state index in [0.29, 0.717) is 5.69 Å². The molecule has 2 heterocycles. The van der Waals surface area contributed by atoms with Crippen LogP contribution in [0.25, 0.3) is 20.9 Å². The van der Waals surface area contributed by atoms with Gasteiger partial charge in [0.15, 0.2) is 0 Å². The first-order valence-electron chi connectivity index (χ1n) is 4.90. The predicted octanol–water partition coefficient (Wildman–Crippen LogP) is 2.94. The van der Waals surface area contributed by atoms with Crippen molar-refractivity contribution >= 4 is 27.2 Å². The summed E-state index contributed by atoms with van der Waals surface area (Å²) in [7, 11) is 0. The van der Waals surface area contributed by atoms with E-state index in [9.17, 15) is 0 Å². The number of fused-ring (bicyclic) bond motifs is 1. The van der Waals surface area contributed by atoms with E-state index in [0.717, 1.165) is 16.2 Å². The molecule has 0 aliphatic heterocycles. The highest BCUT2D eigenvalue weighted by molar-refractivity contribution is 7.21. The Morgan fingerprint density at radius 3 is 2.69 bits per heavy atom. The van der Waals surface area contributed by atoms with Crippen LogP contribution in [0.2, 0.25) is 0 Å². The van der Waals surface area contributed by atoms with E-state index in [1.54, 1.807) is 17.5 Å². The summed E-state index contributed by atoms with van der Waals surface area (Å²) in [6.07, 6.45) is 1.65. The molecular formula is C12H9N3S. The van der Waals surface area contributed by atoms with E-state index in [2.05, 4.69) is 16.0 Å². The molecule has 0 atom stereocenters. The number of hydrogen-bond donors (Lipinski definition) is 1. The quantitative estimate of drug-likeness (QED) is 0.695. The molecule has 0 fully saturated rings. The van der Waals surface area contributed by atoms with E-state index >= 15 is 0 Å². The lowest BCUT2D eigenvalue weighted by atomic mass is 10.3. The van der Waals surface area contributed by atoms with Gasteiger partial charge in [-0.05, 0) is 24.3 Å². The summed E-state index contributed by atoms with van der Waals surface area (Å²) < 4.78 is 1.18. The number of nitrogens with zero attached hydrogens (tertiary/aromatic N) is 2. The van der Waals surface area contributed by atoms with Crippen molar-refractivity contribution < 1.29 is 0 Å². The molecule has 0 saturated heterocycles. The Hall–Kier alpha value is -1.94. The zero-order chi connectivity index (χ0) is 11.0.